The van der Waals surface area contributed by atoms with Gasteiger partial charge in [-0.25, -0.2) is 9.97 Å². The van der Waals surface area contributed by atoms with Gasteiger partial charge in [0.2, 0.25) is 0 Å². The minimum Gasteiger partial charge on any atom is -0.487 e. The normalized spacial score (nSPS) is 13.3. The van der Waals surface area contributed by atoms with E-state index in [-0.39, 0.29) is 0 Å². The number of ether oxygens (including phenoxy) is 2. The largest absolute Gasteiger partial charge is 0.487 e. The number of benzene rings is 1. The van der Waals surface area contributed by atoms with Crippen molar-refractivity contribution in [2.24, 2.45) is 0 Å². The second kappa shape index (κ2) is 6.70. The summed E-state index contributed by atoms with van der Waals surface area (Å²) in [5.41, 5.74) is 2.11. The molecule has 0 atom stereocenters. The van der Waals surface area contributed by atoms with Gasteiger partial charge in [0.05, 0.1) is 0 Å². The zero-order valence-corrected chi connectivity index (χ0v) is 13.1. The van der Waals surface area contributed by atoms with E-state index >= 15 is 0 Å². The van der Waals surface area contributed by atoms with Gasteiger partial charge in [0.15, 0.2) is 0 Å². The van der Waals surface area contributed by atoms with E-state index in [9.17, 15) is 0 Å². The molecule has 0 N–H and O–H groups in total. The maximum absolute atomic E-state index is 5.85. The third kappa shape index (κ3) is 3.22. The lowest BCUT2D eigenvalue weighted by Gasteiger charge is -2.10. The lowest BCUT2D eigenvalue weighted by atomic mass is 9.97. The summed E-state index contributed by atoms with van der Waals surface area (Å²) < 4.78 is 16.9. The van der Waals surface area contributed by atoms with E-state index in [1.54, 1.807) is 18.5 Å². The molecular weight excluding hydrogens is 306 g/mol. The molecule has 0 radical (unpaired) electrons. The quantitative estimate of drug-likeness (QED) is 0.713. The summed E-state index contributed by atoms with van der Waals surface area (Å²) in [6, 6.07) is 9.44. The standard InChI is InChI=1S/C18H17N3O3/c1-2-8-17-15(7-1)16(21-24-17)12-22-13-5-3-6-14(11-13)23-18-19-9-4-10-20-18/h3-6,9-11H,1-2,7-8,12H2. The fourth-order valence-corrected chi connectivity index (χ4v) is 2.79. The Balaban J connectivity index is 1.44. The van der Waals surface area contributed by atoms with Crippen molar-refractivity contribution in [2.45, 2.75) is 32.3 Å². The first-order valence-corrected chi connectivity index (χ1v) is 8.02. The lowest BCUT2D eigenvalue weighted by molar-refractivity contribution is 0.285. The first-order chi connectivity index (χ1) is 11.9. The minimum atomic E-state index is 0.306. The highest BCUT2D eigenvalue weighted by molar-refractivity contribution is 5.34. The monoisotopic (exact) mass is 323 g/mol. The van der Waals surface area contributed by atoms with E-state index in [1.165, 1.54) is 18.4 Å². The third-order valence-corrected chi connectivity index (χ3v) is 3.96. The summed E-state index contributed by atoms with van der Waals surface area (Å²) in [6.45, 7) is 0.393. The van der Waals surface area contributed by atoms with Crippen LogP contribution in [0, 0.1) is 0 Å². The molecule has 0 aliphatic heterocycles. The van der Waals surface area contributed by atoms with Crippen molar-refractivity contribution < 1.29 is 14.0 Å². The van der Waals surface area contributed by atoms with Crippen LogP contribution in [0.15, 0.2) is 47.2 Å². The number of aromatic nitrogens is 3. The number of fused-ring (bicyclic) bond motifs is 1. The first kappa shape index (κ1) is 14.7. The van der Waals surface area contributed by atoms with Crippen LogP contribution in [-0.2, 0) is 19.4 Å². The van der Waals surface area contributed by atoms with E-state index in [4.69, 9.17) is 14.0 Å². The predicted octanol–water partition coefficient (Wildman–Crippen LogP) is 3.71. The Bertz CT molecular complexity index is 817. The van der Waals surface area contributed by atoms with Crippen LogP contribution in [0.3, 0.4) is 0 Å². The molecule has 0 unspecified atom stereocenters. The second-order valence-electron chi connectivity index (χ2n) is 5.64. The molecule has 6 nitrogen and oxygen atoms in total. The van der Waals surface area contributed by atoms with Crippen LogP contribution in [0.2, 0.25) is 0 Å². The van der Waals surface area contributed by atoms with Crippen molar-refractivity contribution in [3.63, 3.8) is 0 Å². The fraction of sp³-hybridized carbons (Fsp3) is 0.278. The maximum atomic E-state index is 5.85. The summed E-state index contributed by atoms with van der Waals surface area (Å²) in [5.74, 6) is 2.34. The summed E-state index contributed by atoms with van der Waals surface area (Å²) in [5, 5.41) is 4.15. The Morgan fingerprint density at radius 1 is 1.00 bits per heavy atom. The highest BCUT2D eigenvalue weighted by Crippen LogP contribution is 2.27. The number of aryl methyl sites for hydroxylation is 1. The molecule has 1 aliphatic rings. The third-order valence-electron chi connectivity index (χ3n) is 3.96. The van der Waals surface area contributed by atoms with E-state index in [2.05, 4.69) is 15.1 Å². The highest BCUT2D eigenvalue weighted by atomic mass is 16.5. The van der Waals surface area contributed by atoms with Crippen LogP contribution >= 0.6 is 0 Å². The summed E-state index contributed by atoms with van der Waals surface area (Å²) in [7, 11) is 0. The molecule has 0 bridgehead atoms. The molecule has 4 rings (SSSR count). The van der Waals surface area contributed by atoms with E-state index in [1.807, 2.05) is 24.3 Å². The van der Waals surface area contributed by atoms with Gasteiger partial charge in [0.25, 0.3) is 0 Å². The Morgan fingerprint density at radius 3 is 2.75 bits per heavy atom. The molecule has 0 fully saturated rings. The summed E-state index contributed by atoms with van der Waals surface area (Å²) >= 11 is 0. The van der Waals surface area contributed by atoms with Gasteiger partial charge in [0, 0.05) is 30.4 Å². The van der Waals surface area contributed by atoms with Crippen molar-refractivity contribution in [1.82, 2.24) is 15.1 Å². The Kier molecular flexibility index (Phi) is 4.10. The second-order valence-corrected chi connectivity index (χ2v) is 5.64. The van der Waals surface area contributed by atoms with Gasteiger partial charge in [-0.2, -0.15) is 0 Å². The predicted molar refractivity (Wildman–Crippen MR) is 86.0 cm³/mol. The van der Waals surface area contributed by atoms with E-state index in [0.29, 0.717) is 24.1 Å². The van der Waals surface area contributed by atoms with Crippen LogP contribution in [0.5, 0.6) is 17.5 Å². The molecular formula is C18H17N3O3. The Hall–Kier alpha value is -2.89. The van der Waals surface area contributed by atoms with Crippen LogP contribution in [0.25, 0.3) is 0 Å². The van der Waals surface area contributed by atoms with E-state index in [0.717, 1.165) is 24.3 Å². The van der Waals surface area contributed by atoms with Gasteiger partial charge in [0.1, 0.15) is 29.6 Å². The zero-order chi connectivity index (χ0) is 16.2. The average molecular weight is 323 g/mol. The maximum Gasteiger partial charge on any atom is 0.321 e. The number of hydrogen-bond acceptors (Lipinski definition) is 6. The number of hydrogen-bond donors (Lipinski definition) is 0. The van der Waals surface area contributed by atoms with Crippen molar-refractivity contribution in [3.8, 4) is 17.5 Å². The summed E-state index contributed by atoms with van der Waals surface area (Å²) in [4.78, 5) is 8.08. The van der Waals surface area contributed by atoms with Crippen LogP contribution in [-0.4, -0.2) is 15.1 Å². The van der Waals surface area contributed by atoms with Crippen molar-refractivity contribution >= 4 is 0 Å². The van der Waals surface area contributed by atoms with Gasteiger partial charge in [-0.3, -0.25) is 0 Å². The van der Waals surface area contributed by atoms with Crippen molar-refractivity contribution in [1.29, 1.82) is 0 Å². The fourth-order valence-electron chi connectivity index (χ4n) is 2.79. The van der Waals surface area contributed by atoms with Crippen LogP contribution < -0.4 is 9.47 Å². The van der Waals surface area contributed by atoms with Gasteiger partial charge in [-0.05, 0) is 37.5 Å². The molecule has 2 heterocycles. The molecule has 3 aromatic rings. The molecule has 24 heavy (non-hydrogen) atoms. The topological polar surface area (TPSA) is 70.3 Å². The molecule has 1 aromatic carbocycles. The van der Waals surface area contributed by atoms with Gasteiger partial charge in [-0.15, -0.1) is 0 Å². The molecule has 0 saturated carbocycles. The number of nitrogens with zero attached hydrogens (tertiary/aromatic N) is 3. The van der Waals surface area contributed by atoms with E-state index < -0.39 is 0 Å². The van der Waals surface area contributed by atoms with Gasteiger partial charge < -0.3 is 14.0 Å². The van der Waals surface area contributed by atoms with Gasteiger partial charge in [-0.1, -0.05) is 11.2 Å². The van der Waals surface area contributed by atoms with Gasteiger partial charge >= 0.3 is 6.01 Å². The molecule has 0 amide bonds. The smallest absolute Gasteiger partial charge is 0.321 e. The summed E-state index contributed by atoms with van der Waals surface area (Å²) in [6.07, 6.45) is 7.62. The molecule has 2 aromatic heterocycles. The molecule has 6 heteroatoms. The SMILES string of the molecule is c1cnc(Oc2cccc(OCc3noc4c3CCCC4)c2)nc1. The first-order valence-electron chi connectivity index (χ1n) is 8.02. The lowest BCUT2D eigenvalue weighted by Crippen LogP contribution is -2.04. The minimum absolute atomic E-state index is 0.306. The van der Waals surface area contributed by atoms with Crippen molar-refractivity contribution in [3.05, 3.63) is 59.7 Å². The molecule has 1 aliphatic carbocycles. The Labute approximate surface area is 139 Å². The molecule has 0 saturated heterocycles. The molecule has 0 spiro atoms. The average Bonchev–Trinajstić information content (AvgIpc) is 3.04. The molecule has 122 valence electrons. The highest BCUT2D eigenvalue weighted by Gasteiger charge is 2.19. The van der Waals surface area contributed by atoms with Crippen molar-refractivity contribution in [2.75, 3.05) is 0 Å². The van der Waals surface area contributed by atoms with Crippen LogP contribution in [0.4, 0.5) is 0 Å². The number of rotatable bonds is 5. The zero-order valence-electron chi connectivity index (χ0n) is 13.1. The Morgan fingerprint density at radius 2 is 1.83 bits per heavy atom. The van der Waals surface area contributed by atoms with Crippen LogP contribution in [0.1, 0.15) is 29.9 Å².